The molecule has 25 heavy (non-hydrogen) atoms. The number of carbonyl (C=O) groups is 1. The van der Waals surface area contributed by atoms with Crippen molar-refractivity contribution in [3.63, 3.8) is 0 Å². The summed E-state index contributed by atoms with van der Waals surface area (Å²) in [7, 11) is 1.52. The Morgan fingerprint density at radius 1 is 1.12 bits per heavy atom. The zero-order chi connectivity index (χ0) is 17.6. The molecule has 1 heterocycles. The van der Waals surface area contributed by atoms with Crippen molar-refractivity contribution in [2.45, 2.75) is 12.8 Å². The van der Waals surface area contributed by atoms with Crippen molar-refractivity contribution < 1.29 is 18.7 Å². The van der Waals surface area contributed by atoms with E-state index >= 15 is 0 Å². The molecule has 0 saturated carbocycles. The molecule has 0 spiro atoms. The van der Waals surface area contributed by atoms with E-state index in [2.05, 4.69) is 4.98 Å². The number of aromatic nitrogens is 1. The molecule has 0 radical (unpaired) electrons. The average Bonchev–Trinajstić information content (AvgIpc) is 3.09. The Kier molecular flexibility index (Phi) is 5.36. The Balaban J connectivity index is 1.61. The van der Waals surface area contributed by atoms with Crippen LogP contribution in [-0.2, 0) is 11.2 Å². The van der Waals surface area contributed by atoms with Gasteiger partial charge in [0.1, 0.15) is 0 Å². The largest absolute Gasteiger partial charge is 0.493 e. The number of aryl methyl sites for hydroxylation is 1. The second-order valence-electron chi connectivity index (χ2n) is 5.22. The molecule has 5 nitrogen and oxygen atoms in total. The standard InChI is InChI=1S/C19H16ClNO4/c1-23-15-8-4-5-9-16(15)25-19(22)11-10-18-21-12-17(24-18)13-6-2-3-7-14(13)20/h2-9,12H,10-11H2,1H3. The fourth-order valence-corrected chi connectivity index (χ4v) is 2.53. The molecule has 0 bridgehead atoms. The lowest BCUT2D eigenvalue weighted by atomic mass is 10.2. The maximum absolute atomic E-state index is 12.0. The predicted octanol–water partition coefficient (Wildman–Crippen LogP) is 4.54. The molecular weight excluding hydrogens is 342 g/mol. The van der Waals surface area contributed by atoms with Gasteiger partial charge in [-0.3, -0.25) is 4.79 Å². The first-order valence-electron chi connectivity index (χ1n) is 7.70. The summed E-state index contributed by atoms with van der Waals surface area (Å²) in [6.07, 6.45) is 2.07. The highest BCUT2D eigenvalue weighted by molar-refractivity contribution is 6.33. The van der Waals surface area contributed by atoms with Crippen LogP contribution in [0.4, 0.5) is 0 Å². The fourth-order valence-electron chi connectivity index (χ4n) is 2.30. The molecule has 0 aliphatic rings. The van der Waals surface area contributed by atoms with Crippen molar-refractivity contribution in [2.75, 3.05) is 7.11 Å². The van der Waals surface area contributed by atoms with Crippen molar-refractivity contribution in [2.24, 2.45) is 0 Å². The summed E-state index contributed by atoms with van der Waals surface area (Å²) in [5, 5.41) is 0.584. The van der Waals surface area contributed by atoms with Crippen LogP contribution < -0.4 is 9.47 Å². The van der Waals surface area contributed by atoms with Gasteiger partial charge < -0.3 is 13.9 Å². The number of ether oxygens (including phenoxy) is 2. The molecule has 0 atom stereocenters. The second kappa shape index (κ2) is 7.85. The number of benzene rings is 2. The third kappa shape index (κ3) is 4.19. The van der Waals surface area contributed by atoms with Crippen molar-refractivity contribution in [1.29, 1.82) is 0 Å². The number of nitrogens with zero attached hydrogens (tertiary/aromatic N) is 1. The topological polar surface area (TPSA) is 61.6 Å². The highest BCUT2D eigenvalue weighted by Crippen LogP contribution is 2.29. The third-order valence-electron chi connectivity index (χ3n) is 3.53. The van der Waals surface area contributed by atoms with E-state index < -0.39 is 0 Å². The zero-order valence-corrected chi connectivity index (χ0v) is 14.3. The van der Waals surface area contributed by atoms with E-state index in [9.17, 15) is 4.79 Å². The van der Waals surface area contributed by atoms with Gasteiger partial charge >= 0.3 is 5.97 Å². The molecule has 128 valence electrons. The molecule has 3 aromatic rings. The Morgan fingerprint density at radius 3 is 2.60 bits per heavy atom. The summed E-state index contributed by atoms with van der Waals surface area (Å²) >= 11 is 6.14. The van der Waals surface area contributed by atoms with Crippen molar-refractivity contribution >= 4 is 17.6 Å². The number of oxazole rings is 1. The number of esters is 1. The SMILES string of the molecule is COc1ccccc1OC(=O)CCc1ncc(-c2ccccc2Cl)o1. The summed E-state index contributed by atoms with van der Waals surface area (Å²) in [5.41, 5.74) is 0.763. The van der Waals surface area contributed by atoms with Gasteiger partial charge in [-0.05, 0) is 24.3 Å². The predicted molar refractivity (Wildman–Crippen MR) is 93.9 cm³/mol. The second-order valence-corrected chi connectivity index (χ2v) is 5.63. The van der Waals surface area contributed by atoms with Gasteiger partial charge in [0.25, 0.3) is 0 Å². The first kappa shape index (κ1) is 17.0. The Hall–Kier alpha value is -2.79. The molecule has 0 saturated heterocycles. The molecule has 6 heteroatoms. The van der Waals surface area contributed by atoms with Crippen molar-refractivity contribution in [1.82, 2.24) is 4.98 Å². The first-order valence-corrected chi connectivity index (χ1v) is 8.08. The van der Waals surface area contributed by atoms with Crippen LogP contribution in [0.5, 0.6) is 11.5 Å². The number of methoxy groups -OCH3 is 1. The van der Waals surface area contributed by atoms with E-state index in [0.717, 1.165) is 5.56 Å². The van der Waals surface area contributed by atoms with Gasteiger partial charge in [0.15, 0.2) is 23.1 Å². The highest BCUT2D eigenvalue weighted by Gasteiger charge is 2.13. The Labute approximate surface area is 150 Å². The molecule has 2 aromatic carbocycles. The average molecular weight is 358 g/mol. The van der Waals surface area contributed by atoms with E-state index in [1.165, 1.54) is 7.11 Å². The summed E-state index contributed by atoms with van der Waals surface area (Å²) < 4.78 is 16.1. The quantitative estimate of drug-likeness (QED) is 0.478. The summed E-state index contributed by atoms with van der Waals surface area (Å²) in [6, 6.07) is 14.3. The molecule has 1 aromatic heterocycles. The van der Waals surface area contributed by atoms with Gasteiger partial charge in [0, 0.05) is 12.0 Å². The minimum Gasteiger partial charge on any atom is -0.493 e. The molecule has 0 aliphatic heterocycles. The minimum atomic E-state index is -0.387. The molecule has 3 rings (SSSR count). The first-order chi connectivity index (χ1) is 12.2. The summed E-state index contributed by atoms with van der Waals surface area (Å²) in [6.45, 7) is 0. The van der Waals surface area contributed by atoms with Gasteiger partial charge in [0.05, 0.1) is 24.8 Å². The maximum Gasteiger partial charge on any atom is 0.311 e. The Morgan fingerprint density at radius 2 is 1.84 bits per heavy atom. The molecule has 0 aliphatic carbocycles. The van der Waals surface area contributed by atoms with Crippen molar-refractivity contribution in [3.8, 4) is 22.8 Å². The number of halogens is 1. The lowest BCUT2D eigenvalue weighted by molar-refractivity contribution is -0.134. The van der Waals surface area contributed by atoms with Crippen LogP contribution in [0.15, 0.2) is 59.1 Å². The van der Waals surface area contributed by atoms with Gasteiger partial charge in [-0.25, -0.2) is 4.98 Å². The van der Waals surface area contributed by atoms with Gasteiger partial charge in [-0.1, -0.05) is 35.9 Å². The smallest absolute Gasteiger partial charge is 0.311 e. The number of hydrogen-bond acceptors (Lipinski definition) is 5. The number of hydrogen-bond donors (Lipinski definition) is 0. The van der Waals surface area contributed by atoms with Crippen LogP contribution in [0, 0.1) is 0 Å². The molecule has 0 N–H and O–H groups in total. The van der Waals surface area contributed by atoms with Gasteiger partial charge in [-0.15, -0.1) is 0 Å². The minimum absolute atomic E-state index is 0.139. The Bertz CT molecular complexity index is 875. The van der Waals surface area contributed by atoms with Crippen LogP contribution in [0.25, 0.3) is 11.3 Å². The van der Waals surface area contributed by atoms with E-state index in [1.54, 1.807) is 36.5 Å². The van der Waals surface area contributed by atoms with Gasteiger partial charge in [0.2, 0.25) is 0 Å². The molecule has 0 fully saturated rings. The van der Waals surface area contributed by atoms with E-state index in [4.69, 9.17) is 25.5 Å². The molecule has 0 amide bonds. The van der Waals surface area contributed by atoms with E-state index in [0.29, 0.717) is 34.6 Å². The lowest BCUT2D eigenvalue weighted by Gasteiger charge is -2.08. The number of rotatable bonds is 6. The normalized spacial score (nSPS) is 10.5. The van der Waals surface area contributed by atoms with Crippen LogP contribution in [0.2, 0.25) is 5.02 Å². The van der Waals surface area contributed by atoms with E-state index in [1.807, 2.05) is 18.2 Å². The third-order valence-corrected chi connectivity index (χ3v) is 3.86. The maximum atomic E-state index is 12.0. The molecule has 0 unspecified atom stereocenters. The van der Waals surface area contributed by atoms with Crippen LogP contribution in [0.3, 0.4) is 0 Å². The summed E-state index contributed by atoms with van der Waals surface area (Å²) in [4.78, 5) is 16.2. The van der Waals surface area contributed by atoms with E-state index in [-0.39, 0.29) is 12.4 Å². The molecular formula is C19H16ClNO4. The van der Waals surface area contributed by atoms with Crippen molar-refractivity contribution in [3.05, 3.63) is 65.6 Å². The lowest BCUT2D eigenvalue weighted by Crippen LogP contribution is -2.09. The van der Waals surface area contributed by atoms with Gasteiger partial charge in [-0.2, -0.15) is 0 Å². The zero-order valence-electron chi connectivity index (χ0n) is 13.6. The van der Waals surface area contributed by atoms with Crippen LogP contribution in [-0.4, -0.2) is 18.1 Å². The fraction of sp³-hybridized carbons (Fsp3) is 0.158. The number of carbonyl (C=O) groups excluding carboxylic acids is 1. The monoisotopic (exact) mass is 357 g/mol. The number of para-hydroxylation sites is 2. The summed E-state index contributed by atoms with van der Waals surface area (Å²) in [5.74, 6) is 1.53. The van der Waals surface area contributed by atoms with Crippen LogP contribution in [0.1, 0.15) is 12.3 Å². The highest BCUT2D eigenvalue weighted by atomic mass is 35.5. The van der Waals surface area contributed by atoms with Crippen LogP contribution >= 0.6 is 11.6 Å².